The van der Waals surface area contributed by atoms with E-state index in [2.05, 4.69) is 20.8 Å². The summed E-state index contributed by atoms with van der Waals surface area (Å²) in [6.45, 7) is 6.37. The minimum Gasteiger partial charge on any atom is -0.496 e. The van der Waals surface area contributed by atoms with Gasteiger partial charge in [0.05, 0.1) is 7.11 Å². The molecule has 0 N–H and O–H groups in total. The second-order valence-corrected chi connectivity index (χ2v) is 4.67. The largest absolute Gasteiger partial charge is 0.496 e. The summed E-state index contributed by atoms with van der Waals surface area (Å²) in [6, 6.07) is 4.00. The van der Waals surface area contributed by atoms with Crippen molar-refractivity contribution in [1.29, 1.82) is 0 Å². The van der Waals surface area contributed by atoms with Crippen LogP contribution in [0.5, 0.6) is 5.75 Å². The van der Waals surface area contributed by atoms with Gasteiger partial charge in [0.25, 0.3) is 0 Å². The van der Waals surface area contributed by atoms with E-state index < -0.39 is 0 Å². The molecule has 2 nitrogen and oxygen atoms in total. The molecule has 0 spiro atoms. The van der Waals surface area contributed by atoms with Gasteiger partial charge in [0.2, 0.25) is 0 Å². The Morgan fingerprint density at radius 2 is 2.06 bits per heavy atom. The Hall–Kier alpha value is -1.31. The van der Waals surface area contributed by atoms with Gasteiger partial charge < -0.3 is 4.74 Å². The lowest BCUT2D eigenvalue weighted by Crippen LogP contribution is -2.01. The first-order valence-electron chi connectivity index (χ1n) is 6.30. The molecule has 1 aromatic carbocycles. The quantitative estimate of drug-likeness (QED) is 0.696. The standard InChI is InChI=1S/C15H22O2/c1-5-6-7-12-9-15(17-4)14(11(2)3)8-13(12)10-16/h8-11H,5-7H2,1-4H3. The minimum absolute atomic E-state index is 0.365. The van der Waals surface area contributed by atoms with Gasteiger partial charge in [-0.3, -0.25) is 4.79 Å². The van der Waals surface area contributed by atoms with E-state index in [1.165, 1.54) is 0 Å². The lowest BCUT2D eigenvalue weighted by molar-refractivity contribution is 0.112. The normalized spacial score (nSPS) is 10.6. The third-order valence-corrected chi connectivity index (χ3v) is 3.04. The highest BCUT2D eigenvalue weighted by atomic mass is 16.5. The third kappa shape index (κ3) is 3.32. The Morgan fingerprint density at radius 1 is 1.35 bits per heavy atom. The molecule has 0 aliphatic rings. The zero-order chi connectivity index (χ0) is 12.8. The van der Waals surface area contributed by atoms with Gasteiger partial charge in [-0.1, -0.05) is 27.2 Å². The van der Waals surface area contributed by atoms with E-state index in [1.54, 1.807) is 7.11 Å². The zero-order valence-electron chi connectivity index (χ0n) is 11.2. The summed E-state index contributed by atoms with van der Waals surface area (Å²) in [4.78, 5) is 11.1. The first-order valence-corrected chi connectivity index (χ1v) is 6.30. The first kappa shape index (κ1) is 13.8. The van der Waals surface area contributed by atoms with Gasteiger partial charge in [-0.05, 0) is 42.0 Å². The molecule has 0 aromatic heterocycles. The number of rotatable bonds is 6. The number of unbranched alkanes of at least 4 members (excludes halogenated alkanes) is 1. The molecule has 1 rings (SSSR count). The van der Waals surface area contributed by atoms with E-state index in [0.717, 1.165) is 48.0 Å². The molecule has 0 bridgehead atoms. The number of hydrogen-bond donors (Lipinski definition) is 0. The van der Waals surface area contributed by atoms with Crippen molar-refractivity contribution in [2.24, 2.45) is 0 Å². The molecule has 2 heteroatoms. The van der Waals surface area contributed by atoms with Crippen LogP contribution < -0.4 is 4.74 Å². The van der Waals surface area contributed by atoms with Crippen molar-refractivity contribution >= 4 is 6.29 Å². The smallest absolute Gasteiger partial charge is 0.150 e. The summed E-state index contributed by atoms with van der Waals surface area (Å²) in [5.41, 5.74) is 3.01. The van der Waals surface area contributed by atoms with Crippen LogP contribution in [0.1, 0.15) is 61.0 Å². The molecule has 0 heterocycles. The number of aldehydes is 1. The molecule has 0 aliphatic carbocycles. The second-order valence-electron chi connectivity index (χ2n) is 4.67. The van der Waals surface area contributed by atoms with Crippen molar-refractivity contribution in [3.05, 3.63) is 28.8 Å². The van der Waals surface area contributed by atoms with E-state index in [-0.39, 0.29) is 0 Å². The SMILES string of the molecule is CCCCc1cc(OC)c(C(C)C)cc1C=O. The Morgan fingerprint density at radius 3 is 2.53 bits per heavy atom. The van der Waals surface area contributed by atoms with Crippen LogP contribution >= 0.6 is 0 Å². The maximum atomic E-state index is 11.1. The van der Waals surface area contributed by atoms with E-state index in [9.17, 15) is 4.79 Å². The van der Waals surface area contributed by atoms with Crippen LogP contribution in [0.4, 0.5) is 0 Å². The summed E-state index contributed by atoms with van der Waals surface area (Å²) < 4.78 is 5.41. The van der Waals surface area contributed by atoms with Crippen LogP contribution in [-0.2, 0) is 6.42 Å². The highest BCUT2D eigenvalue weighted by Gasteiger charge is 2.12. The maximum Gasteiger partial charge on any atom is 0.150 e. The fraction of sp³-hybridized carbons (Fsp3) is 0.533. The highest BCUT2D eigenvalue weighted by molar-refractivity contribution is 5.78. The Balaban J connectivity index is 3.17. The second kappa shape index (κ2) is 6.43. The fourth-order valence-corrected chi connectivity index (χ4v) is 1.98. The number of ether oxygens (including phenoxy) is 1. The molecular formula is C15H22O2. The van der Waals surface area contributed by atoms with Gasteiger partial charge in [0, 0.05) is 5.56 Å². The number of carbonyl (C=O) groups is 1. The monoisotopic (exact) mass is 234 g/mol. The fourth-order valence-electron chi connectivity index (χ4n) is 1.98. The van der Waals surface area contributed by atoms with Crippen LogP contribution in [-0.4, -0.2) is 13.4 Å². The van der Waals surface area contributed by atoms with E-state index in [4.69, 9.17) is 4.74 Å². The Bertz CT molecular complexity index is 381. The molecule has 0 saturated carbocycles. The summed E-state index contributed by atoms with van der Waals surface area (Å²) in [7, 11) is 1.69. The van der Waals surface area contributed by atoms with Gasteiger partial charge in [0.1, 0.15) is 12.0 Å². The lowest BCUT2D eigenvalue weighted by atomic mass is 9.94. The Kier molecular flexibility index (Phi) is 5.20. The van der Waals surface area contributed by atoms with Gasteiger partial charge >= 0.3 is 0 Å². The molecule has 0 amide bonds. The average Bonchev–Trinajstić information content (AvgIpc) is 2.34. The van der Waals surface area contributed by atoms with Gasteiger partial charge in [-0.15, -0.1) is 0 Å². The van der Waals surface area contributed by atoms with Crippen molar-refractivity contribution in [2.75, 3.05) is 7.11 Å². The summed E-state index contributed by atoms with van der Waals surface area (Å²) in [6.07, 6.45) is 4.13. The van der Waals surface area contributed by atoms with E-state index in [0.29, 0.717) is 5.92 Å². The van der Waals surface area contributed by atoms with Crippen LogP contribution in [0, 0.1) is 0 Å². The van der Waals surface area contributed by atoms with Crippen LogP contribution in [0.25, 0.3) is 0 Å². The summed E-state index contributed by atoms with van der Waals surface area (Å²) >= 11 is 0. The molecular weight excluding hydrogens is 212 g/mol. The van der Waals surface area contributed by atoms with Gasteiger partial charge in [-0.25, -0.2) is 0 Å². The number of methoxy groups -OCH3 is 1. The molecule has 0 radical (unpaired) electrons. The van der Waals surface area contributed by atoms with Gasteiger partial charge in [-0.2, -0.15) is 0 Å². The highest BCUT2D eigenvalue weighted by Crippen LogP contribution is 2.30. The topological polar surface area (TPSA) is 26.3 Å². The number of hydrogen-bond acceptors (Lipinski definition) is 2. The zero-order valence-corrected chi connectivity index (χ0v) is 11.2. The summed E-state index contributed by atoms with van der Waals surface area (Å²) in [5.74, 6) is 1.26. The first-order chi connectivity index (χ1) is 8.13. The van der Waals surface area contributed by atoms with Crippen molar-refractivity contribution < 1.29 is 9.53 Å². The van der Waals surface area contributed by atoms with Crippen molar-refractivity contribution in [3.8, 4) is 5.75 Å². The summed E-state index contributed by atoms with van der Waals surface area (Å²) in [5, 5.41) is 0. The maximum absolute atomic E-state index is 11.1. The predicted octanol–water partition coefficient (Wildman–Crippen LogP) is 3.97. The molecule has 1 aromatic rings. The van der Waals surface area contributed by atoms with E-state index in [1.807, 2.05) is 12.1 Å². The molecule has 0 aliphatic heterocycles. The number of carbonyl (C=O) groups excluding carboxylic acids is 1. The van der Waals surface area contributed by atoms with Crippen molar-refractivity contribution in [3.63, 3.8) is 0 Å². The van der Waals surface area contributed by atoms with Crippen LogP contribution in [0.3, 0.4) is 0 Å². The van der Waals surface area contributed by atoms with Crippen molar-refractivity contribution in [2.45, 2.75) is 46.0 Å². The average molecular weight is 234 g/mol. The number of benzene rings is 1. The molecule has 0 unspecified atom stereocenters. The minimum atomic E-state index is 0.365. The molecule has 0 saturated heterocycles. The Labute approximate surface area is 104 Å². The van der Waals surface area contributed by atoms with E-state index >= 15 is 0 Å². The molecule has 94 valence electrons. The molecule has 17 heavy (non-hydrogen) atoms. The predicted molar refractivity (Wildman–Crippen MR) is 71.1 cm³/mol. The van der Waals surface area contributed by atoms with Crippen LogP contribution in [0.2, 0.25) is 0 Å². The third-order valence-electron chi connectivity index (χ3n) is 3.04. The van der Waals surface area contributed by atoms with Crippen LogP contribution in [0.15, 0.2) is 12.1 Å². The van der Waals surface area contributed by atoms with Gasteiger partial charge in [0.15, 0.2) is 0 Å². The molecule has 0 fully saturated rings. The van der Waals surface area contributed by atoms with Crippen molar-refractivity contribution in [1.82, 2.24) is 0 Å². The lowest BCUT2D eigenvalue weighted by Gasteiger charge is -2.15. The molecule has 0 atom stereocenters. The number of aryl methyl sites for hydroxylation is 1.